The maximum absolute atomic E-state index is 11.3. The van der Waals surface area contributed by atoms with Crippen LogP contribution in [0, 0.1) is 0 Å². The quantitative estimate of drug-likeness (QED) is 0.187. The molecule has 0 amide bonds. The van der Waals surface area contributed by atoms with E-state index in [-0.39, 0.29) is 26.2 Å². The van der Waals surface area contributed by atoms with E-state index in [2.05, 4.69) is 0 Å². The Bertz CT molecular complexity index is 834. The van der Waals surface area contributed by atoms with Crippen LogP contribution < -0.4 is 15.3 Å². The second kappa shape index (κ2) is 15.3. The van der Waals surface area contributed by atoms with Gasteiger partial charge in [-0.15, -0.1) is 0 Å². The maximum atomic E-state index is 11.3. The molecule has 0 aromatic rings. The van der Waals surface area contributed by atoms with Crippen LogP contribution in [0.2, 0.25) is 0 Å². The number of allylic oxidation sites excluding steroid dienone is 6. The summed E-state index contributed by atoms with van der Waals surface area (Å²) in [6.07, 6.45) is -35.8. The van der Waals surface area contributed by atoms with Crippen LogP contribution in [0.5, 0.6) is 0 Å². The molecule has 0 aliphatic heterocycles. The number of halogens is 18. The summed E-state index contributed by atoms with van der Waals surface area (Å²) in [6, 6.07) is 0. The molecule has 0 saturated carbocycles. The molecule has 0 aliphatic rings. The zero-order valence-corrected chi connectivity index (χ0v) is 20.9. The summed E-state index contributed by atoms with van der Waals surface area (Å²) in [5.74, 6) is -16.9. The van der Waals surface area contributed by atoms with Crippen LogP contribution in [0.25, 0.3) is 0 Å². The van der Waals surface area contributed by atoms with Gasteiger partial charge in [-0.2, -0.15) is 79.0 Å². The first kappa shape index (κ1) is 44.3. The molecule has 230 valence electrons. The normalized spacial score (nSPS) is 14.1. The van der Waals surface area contributed by atoms with Gasteiger partial charge < -0.3 is 15.3 Å². The Kier molecular flexibility index (Phi) is 16.9. The van der Waals surface area contributed by atoms with E-state index in [4.69, 9.17) is 0 Å². The molecule has 0 aliphatic carbocycles. The predicted octanol–water partition coefficient (Wildman–Crippen LogP) is 2.39. The second-order valence-electron chi connectivity index (χ2n) is 5.61. The summed E-state index contributed by atoms with van der Waals surface area (Å²) in [4.78, 5) is 29.5. The largest absolute Gasteiger partial charge is 3.00 e. The summed E-state index contributed by atoms with van der Waals surface area (Å²) in [5, 5.41) is 29.5. The molecule has 6 nitrogen and oxygen atoms in total. The second-order valence-corrected chi connectivity index (χ2v) is 5.61. The maximum Gasteiger partial charge on any atom is 3.00 e. The molecule has 0 N–H and O–H groups in total. The third kappa shape index (κ3) is 20.2. The molecular formula is C15H3BiF18O6. The number of rotatable bonds is 3. The van der Waals surface area contributed by atoms with Crippen LogP contribution in [-0.2, 0) is 14.4 Å². The van der Waals surface area contributed by atoms with Gasteiger partial charge in [-0.3, -0.25) is 14.4 Å². The molecule has 0 aromatic carbocycles. The van der Waals surface area contributed by atoms with Crippen molar-refractivity contribution in [2.75, 3.05) is 0 Å². The molecule has 0 unspecified atom stereocenters. The topological polar surface area (TPSA) is 120 Å². The van der Waals surface area contributed by atoms with Gasteiger partial charge in [-0.25, -0.2) is 0 Å². The molecule has 0 bridgehead atoms. The first-order valence-corrected chi connectivity index (χ1v) is 7.86. The number of carbonyl (C=O) groups excluding carboxylic acids is 3. The minimum absolute atomic E-state index is 0. The number of hydrogen-bond donors (Lipinski definition) is 0. The molecule has 0 fully saturated rings. The van der Waals surface area contributed by atoms with E-state index in [9.17, 15) is 109 Å². The van der Waals surface area contributed by atoms with Gasteiger partial charge in [-0.1, -0.05) is 0 Å². The van der Waals surface area contributed by atoms with Crippen molar-refractivity contribution in [2.45, 2.75) is 37.1 Å². The van der Waals surface area contributed by atoms with Gasteiger partial charge in [0, 0.05) is 0 Å². The average Bonchev–Trinajstić information content (AvgIpc) is 2.64. The van der Waals surface area contributed by atoms with Crippen molar-refractivity contribution >= 4 is 43.6 Å². The van der Waals surface area contributed by atoms with E-state index in [1.54, 1.807) is 0 Å². The molecule has 0 spiro atoms. The summed E-state index contributed by atoms with van der Waals surface area (Å²) in [6.45, 7) is 0. The van der Waals surface area contributed by atoms with Gasteiger partial charge in [0.1, 0.15) is 0 Å². The molecule has 0 atom stereocenters. The van der Waals surface area contributed by atoms with Gasteiger partial charge in [0.15, 0.2) is 0 Å². The minimum Gasteiger partial charge on any atom is -0.869 e. The van der Waals surface area contributed by atoms with E-state index in [0.29, 0.717) is 0 Å². The average molecular weight is 830 g/mol. The minimum atomic E-state index is -5.46. The fourth-order valence-corrected chi connectivity index (χ4v) is 0.848. The zero-order valence-electron chi connectivity index (χ0n) is 17.4. The Labute approximate surface area is 225 Å². The fraction of sp³-hybridized carbons (Fsp3) is 0.400. The first-order chi connectivity index (χ1) is 16.6. The van der Waals surface area contributed by atoms with Gasteiger partial charge in [0.25, 0.3) is 17.3 Å². The summed E-state index contributed by atoms with van der Waals surface area (Å²) in [5.41, 5.74) is 0. The number of ketones is 3. The summed E-state index contributed by atoms with van der Waals surface area (Å²) >= 11 is 0. The van der Waals surface area contributed by atoms with E-state index < -0.39 is 89.9 Å². The van der Waals surface area contributed by atoms with Crippen LogP contribution in [0.1, 0.15) is 0 Å². The predicted molar refractivity (Wildman–Crippen MR) is 81.4 cm³/mol. The number of hydrogen-bond acceptors (Lipinski definition) is 6. The van der Waals surface area contributed by atoms with Crippen molar-refractivity contribution in [3.63, 3.8) is 0 Å². The van der Waals surface area contributed by atoms with Crippen molar-refractivity contribution in [1.29, 1.82) is 0 Å². The van der Waals surface area contributed by atoms with Crippen molar-refractivity contribution in [1.82, 2.24) is 0 Å². The van der Waals surface area contributed by atoms with E-state index in [1.807, 2.05) is 0 Å². The smallest absolute Gasteiger partial charge is 0.869 e. The Hall–Kier alpha value is -2.75. The molecule has 25 heteroatoms. The Morgan fingerprint density at radius 3 is 0.550 bits per heavy atom. The van der Waals surface area contributed by atoms with Crippen molar-refractivity contribution < 1.29 is 109 Å². The summed E-state index contributed by atoms with van der Waals surface area (Å²) in [7, 11) is 0. The van der Waals surface area contributed by atoms with E-state index >= 15 is 0 Å². The van der Waals surface area contributed by atoms with Crippen LogP contribution in [0.4, 0.5) is 79.0 Å². The Morgan fingerprint density at radius 1 is 0.350 bits per heavy atom. The van der Waals surface area contributed by atoms with Crippen LogP contribution >= 0.6 is 0 Å². The fourth-order valence-electron chi connectivity index (χ4n) is 0.848. The van der Waals surface area contributed by atoms with Crippen LogP contribution in [0.15, 0.2) is 35.5 Å². The van der Waals surface area contributed by atoms with E-state index in [0.717, 1.165) is 0 Å². The monoisotopic (exact) mass is 830 g/mol. The van der Waals surface area contributed by atoms with Crippen LogP contribution in [-0.4, -0.2) is 80.6 Å². The van der Waals surface area contributed by atoms with Gasteiger partial charge in [0.05, 0.1) is 0 Å². The van der Waals surface area contributed by atoms with E-state index in [1.165, 1.54) is 0 Å². The molecule has 2 radical (unpaired) electrons. The Balaban J connectivity index is -0.000000240. The standard InChI is InChI=1S/3C5H2F6O2.Bi/c3*6-4(7,8)2(12)1-3(13)5(9,10)11;/h3*1,12H;/q;;;+3/p-3. The third-order valence-electron chi connectivity index (χ3n) is 2.46. The first-order valence-electron chi connectivity index (χ1n) is 7.86. The van der Waals surface area contributed by atoms with Gasteiger partial charge >= 0.3 is 63.3 Å². The SMILES string of the molecule is O=C(C=C([O-])C(F)(F)F)C(F)(F)F.O=C(C=C([O-])C(F)(F)F)C(F)(F)F.O=C(C=C([O-])C(F)(F)F)C(F)(F)F.[Bi+3]. The zero-order chi connectivity index (χ0) is 32.6. The number of alkyl halides is 18. The molecule has 0 heterocycles. The van der Waals surface area contributed by atoms with Crippen LogP contribution in [0.3, 0.4) is 0 Å². The van der Waals surface area contributed by atoms with Crippen molar-refractivity contribution in [2.24, 2.45) is 0 Å². The van der Waals surface area contributed by atoms with Crippen molar-refractivity contribution in [3.05, 3.63) is 35.5 Å². The molecule has 0 rings (SSSR count). The third-order valence-corrected chi connectivity index (χ3v) is 2.46. The number of carbonyl (C=O) groups is 3. The van der Waals surface area contributed by atoms with Crippen molar-refractivity contribution in [3.8, 4) is 0 Å². The Morgan fingerprint density at radius 2 is 0.475 bits per heavy atom. The molecule has 0 saturated heterocycles. The van der Waals surface area contributed by atoms with Gasteiger partial charge in [-0.05, 0) is 35.5 Å². The molecular weight excluding hydrogens is 827 g/mol. The molecule has 0 aromatic heterocycles. The molecule has 40 heavy (non-hydrogen) atoms. The summed E-state index contributed by atoms with van der Waals surface area (Å²) < 4.78 is 203. The van der Waals surface area contributed by atoms with Gasteiger partial charge in [0.2, 0.25) is 0 Å².